The van der Waals surface area contributed by atoms with E-state index in [1.54, 1.807) is 0 Å². The zero-order valence-electron chi connectivity index (χ0n) is 6.50. The Morgan fingerprint density at radius 1 is 1.27 bits per heavy atom. The third kappa shape index (κ3) is 2.31. The smallest absolute Gasteiger partial charge is 0.0543 e. The second kappa shape index (κ2) is 3.88. The lowest BCUT2D eigenvalue weighted by Crippen LogP contribution is -2.20. The van der Waals surface area contributed by atoms with Crippen molar-refractivity contribution in [2.45, 2.75) is 17.8 Å². The fourth-order valence-corrected chi connectivity index (χ4v) is 1.25. The largest absolute Gasteiger partial charge is 0.327 e. The van der Waals surface area contributed by atoms with E-state index in [9.17, 15) is 0 Å². The van der Waals surface area contributed by atoms with Crippen molar-refractivity contribution in [1.29, 1.82) is 0 Å². The van der Waals surface area contributed by atoms with Crippen LogP contribution in [0.3, 0.4) is 0 Å². The lowest BCUT2D eigenvalue weighted by Gasteiger charge is -2.13. The van der Waals surface area contributed by atoms with Gasteiger partial charge < -0.3 is 5.73 Å². The second-order valence-corrected chi connectivity index (χ2v) is 3.66. The lowest BCUT2D eigenvalue weighted by molar-refractivity contribution is 0.731. The van der Waals surface area contributed by atoms with Crippen molar-refractivity contribution in [2.75, 3.05) is 0 Å². The Bertz CT molecular complexity index is 208. The van der Waals surface area contributed by atoms with E-state index < -0.39 is 0 Å². The fraction of sp³-hybridized carbons (Fsp3) is 0.333. The molecule has 2 atom stereocenters. The maximum absolute atomic E-state index is 5.72. The lowest BCUT2D eigenvalue weighted by atomic mass is 10.1. The molecule has 1 aromatic carbocycles. The number of benzene rings is 1. The topological polar surface area (TPSA) is 26.0 Å². The first-order valence-corrected chi connectivity index (χ1v) is 4.58. The molecule has 0 saturated heterocycles. The van der Waals surface area contributed by atoms with Crippen LogP contribution in [0.4, 0.5) is 0 Å². The summed E-state index contributed by atoms with van der Waals surface area (Å²) in [7, 11) is 0. The highest BCUT2D eigenvalue weighted by Crippen LogP contribution is 2.24. The summed E-state index contributed by atoms with van der Waals surface area (Å²) in [5.74, 6) is 0. The zero-order chi connectivity index (χ0) is 8.27. The molecule has 0 aliphatic heterocycles. The van der Waals surface area contributed by atoms with Gasteiger partial charge in [0.25, 0.3) is 0 Å². The van der Waals surface area contributed by atoms with Gasteiger partial charge in [0.15, 0.2) is 0 Å². The van der Waals surface area contributed by atoms with Crippen LogP contribution in [0.1, 0.15) is 17.3 Å². The van der Waals surface area contributed by atoms with Gasteiger partial charge >= 0.3 is 0 Å². The van der Waals surface area contributed by atoms with Crippen LogP contribution in [0, 0.1) is 0 Å². The molecule has 1 rings (SSSR count). The molecule has 0 fully saturated rings. The Labute approximate surface area is 75.7 Å². The molecule has 0 aliphatic carbocycles. The molecule has 11 heavy (non-hydrogen) atoms. The van der Waals surface area contributed by atoms with E-state index in [0.717, 1.165) is 0 Å². The van der Waals surface area contributed by atoms with Crippen LogP contribution in [0.5, 0.6) is 0 Å². The molecule has 0 spiro atoms. The molecule has 2 heteroatoms. The van der Waals surface area contributed by atoms with Gasteiger partial charge in [-0.2, -0.15) is 0 Å². The zero-order valence-corrected chi connectivity index (χ0v) is 8.08. The third-order valence-electron chi connectivity index (χ3n) is 1.58. The maximum atomic E-state index is 5.72. The van der Waals surface area contributed by atoms with Crippen molar-refractivity contribution in [3.63, 3.8) is 0 Å². The van der Waals surface area contributed by atoms with Gasteiger partial charge in [-0.15, -0.1) is 0 Å². The quantitative estimate of drug-likeness (QED) is 0.752. The Hall–Kier alpha value is -0.340. The highest BCUT2D eigenvalue weighted by Gasteiger charge is 2.10. The molecule has 2 N–H and O–H groups in total. The van der Waals surface area contributed by atoms with Crippen molar-refractivity contribution >= 4 is 15.9 Å². The predicted molar refractivity (Wildman–Crippen MR) is 51.8 cm³/mol. The van der Waals surface area contributed by atoms with E-state index in [-0.39, 0.29) is 10.9 Å². The van der Waals surface area contributed by atoms with E-state index in [1.807, 2.05) is 25.1 Å². The van der Waals surface area contributed by atoms with E-state index in [1.165, 1.54) is 5.56 Å². The Kier molecular flexibility index (Phi) is 3.09. The van der Waals surface area contributed by atoms with Crippen molar-refractivity contribution in [3.8, 4) is 0 Å². The molecule has 0 amide bonds. The molecule has 2 unspecified atom stereocenters. The summed E-state index contributed by atoms with van der Waals surface area (Å²) < 4.78 is 0. The second-order valence-electron chi connectivity index (χ2n) is 2.67. The van der Waals surface area contributed by atoms with Crippen molar-refractivity contribution in [2.24, 2.45) is 5.73 Å². The summed E-state index contributed by atoms with van der Waals surface area (Å²) in [5.41, 5.74) is 6.96. The molecule has 0 saturated carbocycles. The summed E-state index contributed by atoms with van der Waals surface area (Å²) in [4.78, 5) is 0.267. The van der Waals surface area contributed by atoms with Crippen LogP contribution in [-0.2, 0) is 0 Å². The van der Waals surface area contributed by atoms with Crippen molar-refractivity contribution in [1.82, 2.24) is 0 Å². The highest BCUT2D eigenvalue weighted by atomic mass is 79.9. The van der Waals surface area contributed by atoms with Crippen LogP contribution < -0.4 is 5.73 Å². The highest BCUT2D eigenvalue weighted by molar-refractivity contribution is 9.09. The molecule has 60 valence electrons. The van der Waals surface area contributed by atoms with Crippen LogP contribution in [0.15, 0.2) is 30.3 Å². The Morgan fingerprint density at radius 2 is 1.82 bits per heavy atom. The number of hydrogen-bond acceptors (Lipinski definition) is 1. The fourth-order valence-electron chi connectivity index (χ4n) is 0.940. The van der Waals surface area contributed by atoms with Gasteiger partial charge in [0.1, 0.15) is 0 Å². The van der Waals surface area contributed by atoms with Crippen LogP contribution in [0.25, 0.3) is 0 Å². The van der Waals surface area contributed by atoms with Gasteiger partial charge in [0.2, 0.25) is 0 Å². The van der Waals surface area contributed by atoms with Gasteiger partial charge in [-0.3, -0.25) is 0 Å². The Morgan fingerprint density at radius 3 is 2.27 bits per heavy atom. The Balaban J connectivity index is 2.77. The standard InChI is InChI=1S/C9H12BrN/c1-7(11)9(10)8-5-3-2-4-6-8/h2-7,9H,11H2,1H3. The van der Waals surface area contributed by atoms with Gasteiger partial charge in [-0.25, -0.2) is 0 Å². The average molecular weight is 214 g/mol. The number of halogens is 1. The van der Waals surface area contributed by atoms with Gasteiger partial charge in [-0.05, 0) is 12.5 Å². The first kappa shape index (κ1) is 8.75. The van der Waals surface area contributed by atoms with Crippen molar-refractivity contribution < 1.29 is 0 Å². The number of hydrogen-bond donors (Lipinski definition) is 1. The summed E-state index contributed by atoms with van der Waals surface area (Å²) in [6, 6.07) is 10.3. The van der Waals surface area contributed by atoms with E-state index in [2.05, 4.69) is 28.1 Å². The van der Waals surface area contributed by atoms with Crippen LogP contribution >= 0.6 is 15.9 Å². The molecule has 1 aromatic rings. The minimum atomic E-state index is 0.150. The first-order chi connectivity index (χ1) is 5.22. The van der Waals surface area contributed by atoms with E-state index >= 15 is 0 Å². The van der Waals surface area contributed by atoms with Crippen LogP contribution in [-0.4, -0.2) is 6.04 Å². The monoisotopic (exact) mass is 213 g/mol. The van der Waals surface area contributed by atoms with Crippen molar-refractivity contribution in [3.05, 3.63) is 35.9 Å². The molecule has 0 aliphatic rings. The number of nitrogens with two attached hydrogens (primary N) is 1. The number of rotatable bonds is 2. The third-order valence-corrected chi connectivity index (χ3v) is 2.94. The summed E-state index contributed by atoms with van der Waals surface area (Å²) in [6.07, 6.45) is 0. The summed E-state index contributed by atoms with van der Waals surface area (Å²) >= 11 is 3.53. The minimum Gasteiger partial charge on any atom is -0.327 e. The van der Waals surface area contributed by atoms with Gasteiger partial charge in [0.05, 0.1) is 4.83 Å². The van der Waals surface area contributed by atoms with Crippen LogP contribution in [0.2, 0.25) is 0 Å². The average Bonchev–Trinajstić information content (AvgIpc) is 2.05. The summed E-state index contributed by atoms with van der Waals surface area (Å²) in [5, 5.41) is 0. The minimum absolute atomic E-state index is 0.150. The molecular formula is C9H12BrN. The predicted octanol–water partition coefficient (Wildman–Crippen LogP) is 2.47. The molecule has 1 nitrogen and oxygen atoms in total. The summed E-state index contributed by atoms with van der Waals surface area (Å²) in [6.45, 7) is 1.99. The molecule has 0 heterocycles. The molecule has 0 bridgehead atoms. The normalized spacial score (nSPS) is 15.9. The van der Waals surface area contributed by atoms with Gasteiger partial charge in [0, 0.05) is 6.04 Å². The molecular weight excluding hydrogens is 202 g/mol. The number of alkyl halides is 1. The molecule has 0 radical (unpaired) electrons. The van der Waals surface area contributed by atoms with Gasteiger partial charge in [-0.1, -0.05) is 46.3 Å². The first-order valence-electron chi connectivity index (χ1n) is 3.66. The van der Waals surface area contributed by atoms with E-state index in [4.69, 9.17) is 5.73 Å². The SMILES string of the molecule is CC(N)C(Br)c1ccccc1. The molecule has 0 aromatic heterocycles. The maximum Gasteiger partial charge on any atom is 0.0543 e. The van der Waals surface area contributed by atoms with E-state index in [0.29, 0.717) is 0 Å².